The van der Waals surface area contributed by atoms with Crippen LogP contribution in [-0.4, -0.2) is 41.0 Å². The van der Waals surface area contributed by atoms with Crippen LogP contribution >= 0.6 is 0 Å². The molecule has 0 atom stereocenters. The number of nitro groups is 1. The van der Waals surface area contributed by atoms with Crippen molar-refractivity contribution in [3.05, 3.63) is 27.9 Å². The maximum Gasteiger partial charge on any atom is 0.290 e. The Hall–Kier alpha value is -1.69. The van der Waals surface area contributed by atoms with Crippen LogP contribution in [-0.2, 0) is 0 Å². The molecule has 6 nitrogen and oxygen atoms in total. The van der Waals surface area contributed by atoms with Gasteiger partial charge in [0, 0.05) is 17.6 Å². The molecule has 0 aliphatic heterocycles. The first-order valence-corrected chi connectivity index (χ1v) is 6.47. The minimum absolute atomic E-state index is 0.0662. The van der Waals surface area contributed by atoms with E-state index in [4.69, 9.17) is 0 Å². The smallest absolute Gasteiger partial charge is 0.290 e. The Labute approximate surface area is 113 Å². The van der Waals surface area contributed by atoms with E-state index in [1.54, 1.807) is 13.0 Å². The van der Waals surface area contributed by atoms with Crippen LogP contribution in [0, 0.1) is 17.0 Å². The molecule has 104 valence electrons. The Kier molecular flexibility index (Phi) is 3.71. The Morgan fingerprint density at radius 1 is 1.53 bits per heavy atom. The summed E-state index contributed by atoms with van der Waals surface area (Å²) in [5.41, 5.74) is 0.906. The summed E-state index contributed by atoms with van der Waals surface area (Å²) in [6, 6.07) is 1.74. The number of pyridine rings is 1. The summed E-state index contributed by atoms with van der Waals surface area (Å²) in [5, 5.41) is 14.0. The lowest BCUT2D eigenvalue weighted by atomic mass is 9.75. The number of hydrogen-bond donors (Lipinski definition) is 1. The van der Waals surface area contributed by atoms with Crippen LogP contribution in [0.4, 0.5) is 11.5 Å². The lowest BCUT2D eigenvalue weighted by molar-refractivity contribution is -0.385. The summed E-state index contributed by atoms with van der Waals surface area (Å²) in [6.45, 7) is 2.56. The molecular formula is C13H20N4O2. The standard InChI is InChI=1S/C13H20N4O2/c1-10-7-12(14-8-11(10)17(18)19)15-9-13(16(2)3)5-4-6-13/h7-8H,4-6,9H2,1-3H3,(H,14,15). The SMILES string of the molecule is Cc1cc(NCC2(N(C)C)CCC2)ncc1[N+](=O)[O-]. The third-order valence-corrected chi connectivity index (χ3v) is 4.11. The molecule has 0 radical (unpaired) electrons. The van der Waals surface area contributed by atoms with E-state index in [9.17, 15) is 10.1 Å². The van der Waals surface area contributed by atoms with Crippen LogP contribution in [0.3, 0.4) is 0 Å². The largest absolute Gasteiger partial charge is 0.368 e. The zero-order valence-corrected chi connectivity index (χ0v) is 11.6. The van der Waals surface area contributed by atoms with E-state index in [1.807, 2.05) is 0 Å². The molecule has 1 aliphatic rings. The average molecular weight is 264 g/mol. The van der Waals surface area contributed by atoms with Gasteiger partial charge in [-0.25, -0.2) is 4.98 Å². The van der Waals surface area contributed by atoms with E-state index in [1.165, 1.54) is 25.5 Å². The van der Waals surface area contributed by atoms with Gasteiger partial charge in [-0.2, -0.15) is 0 Å². The van der Waals surface area contributed by atoms with Gasteiger partial charge in [0.15, 0.2) is 0 Å². The second-order valence-electron chi connectivity index (χ2n) is 5.44. The summed E-state index contributed by atoms with van der Waals surface area (Å²) < 4.78 is 0. The fourth-order valence-corrected chi connectivity index (χ4v) is 2.46. The van der Waals surface area contributed by atoms with Crippen molar-refractivity contribution in [1.82, 2.24) is 9.88 Å². The third kappa shape index (κ3) is 2.68. The topological polar surface area (TPSA) is 71.3 Å². The van der Waals surface area contributed by atoms with E-state index in [0.29, 0.717) is 11.4 Å². The van der Waals surface area contributed by atoms with Crippen molar-refractivity contribution < 1.29 is 4.92 Å². The van der Waals surface area contributed by atoms with Crippen LogP contribution < -0.4 is 5.32 Å². The molecule has 1 aliphatic carbocycles. The fraction of sp³-hybridized carbons (Fsp3) is 0.615. The Morgan fingerprint density at radius 2 is 2.21 bits per heavy atom. The molecule has 0 unspecified atom stereocenters. The highest BCUT2D eigenvalue weighted by atomic mass is 16.6. The Bertz CT molecular complexity index is 484. The summed E-state index contributed by atoms with van der Waals surface area (Å²) >= 11 is 0. The third-order valence-electron chi connectivity index (χ3n) is 4.11. The fourth-order valence-electron chi connectivity index (χ4n) is 2.46. The van der Waals surface area contributed by atoms with Crippen molar-refractivity contribution in [2.24, 2.45) is 0 Å². The van der Waals surface area contributed by atoms with Gasteiger partial charge in [-0.05, 0) is 46.3 Å². The van der Waals surface area contributed by atoms with Crippen molar-refractivity contribution in [2.45, 2.75) is 31.7 Å². The highest BCUT2D eigenvalue weighted by Crippen LogP contribution is 2.36. The number of anilines is 1. The monoisotopic (exact) mass is 264 g/mol. The molecule has 1 fully saturated rings. The van der Waals surface area contributed by atoms with E-state index in [0.717, 1.165) is 6.54 Å². The quantitative estimate of drug-likeness (QED) is 0.652. The molecule has 6 heteroatoms. The Morgan fingerprint density at radius 3 is 2.63 bits per heavy atom. The van der Waals surface area contributed by atoms with Crippen molar-refractivity contribution >= 4 is 11.5 Å². The zero-order chi connectivity index (χ0) is 14.0. The number of nitrogens with one attached hydrogen (secondary N) is 1. The molecular weight excluding hydrogens is 244 g/mol. The molecule has 0 spiro atoms. The number of aromatic nitrogens is 1. The van der Waals surface area contributed by atoms with Gasteiger partial charge in [0.05, 0.1) is 4.92 Å². The summed E-state index contributed by atoms with van der Waals surface area (Å²) in [4.78, 5) is 16.7. The van der Waals surface area contributed by atoms with Crippen molar-refractivity contribution in [3.8, 4) is 0 Å². The molecule has 1 aromatic rings. The van der Waals surface area contributed by atoms with E-state index < -0.39 is 4.92 Å². The summed E-state index contributed by atoms with van der Waals surface area (Å²) in [6.07, 6.45) is 4.94. The number of nitrogens with zero attached hydrogens (tertiary/aromatic N) is 3. The normalized spacial score (nSPS) is 17.1. The molecule has 0 bridgehead atoms. The Balaban J connectivity index is 2.04. The first-order chi connectivity index (χ1) is 8.94. The molecule has 1 heterocycles. The molecule has 0 saturated heterocycles. The van der Waals surface area contributed by atoms with Crippen molar-refractivity contribution in [1.29, 1.82) is 0 Å². The lowest BCUT2D eigenvalue weighted by Crippen LogP contribution is -2.54. The van der Waals surface area contributed by atoms with Gasteiger partial charge in [0.1, 0.15) is 12.0 Å². The summed E-state index contributed by atoms with van der Waals surface area (Å²) in [7, 11) is 4.19. The van der Waals surface area contributed by atoms with Crippen molar-refractivity contribution in [2.75, 3.05) is 26.0 Å². The second kappa shape index (κ2) is 5.13. The number of hydrogen-bond acceptors (Lipinski definition) is 5. The van der Waals surface area contributed by atoms with Crippen LogP contribution in [0.5, 0.6) is 0 Å². The van der Waals surface area contributed by atoms with Crippen LogP contribution in [0.2, 0.25) is 0 Å². The number of rotatable bonds is 5. The average Bonchev–Trinajstić information content (AvgIpc) is 2.26. The minimum atomic E-state index is -0.403. The van der Waals surface area contributed by atoms with Crippen LogP contribution in [0.25, 0.3) is 0 Å². The maximum absolute atomic E-state index is 10.7. The molecule has 19 heavy (non-hydrogen) atoms. The van der Waals surface area contributed by atoms with Gasteiger partial charge in [0.25, 0.3) is 5.69 Å². The number of aryl methyl sites for hydroxylation is 1. The predicted molar refractivity (Wildman–Crippen MR) is 74.4 cm³/mol. The summed E-state index contributed by atoms with van der Waals surface area (Å²) in [5.74, 6) is 0.705. The van der Waals surface area contributed by atoms with Gasteiger partial charge in [0.2, 0.25) is 0 Å². The molecule has 1 aromatic heterocycles. The first kappa shape index (κ1) is 13.7. The van der Waals surface area contributed by atoms with Crippen molar-refractivity contribution in [3.63, 3.8) is 0 Å². The van der Waals surface area contributed by atoms with Gasteiger partial charge in [-0.1, -0.05) is 0 Å². The lowest BCUT2D eigenvalue weighted by Gasteiger charge is -2.47. The zero-order valence-electron chi connectivity index (χ0n) is 11.6. The highest BCUT2D eigenvalue weighted by molar-refractivity contribution is 5.47. The van der Waals surface area contributed by atoms with Gasteiger partial charge in [-0.3, -0.25) is 10.1 Å². The minimum Gasteiger partial charge on any atom is -0.368 e. The van der Waals surface area contributed by atoms with Crippen LogP contribution in [0.1, 0.15) is 24.8 Å². The van der Waals surface area contributed by atoms with Gasteiger partial charge >= 0.3 is 0 Å². The van der Waals surface area contributed by atoms with Crippen LogP contribution in [0.15, 0.2) is 12.3 Å². The first-order valence-electron chi connectivity index (χ1n) is 6.47. The van der Waals surface area contributed by atoms with Gasteiger partial charge < -0.3 is 10.2 Å². The molecule has 0 aromatic carbocycles. The maximum atomic E-state index is 10.7. The van der Waals surface area contributed by atoms with E-state index >= 15 is 0 Å². The predicted octanol–water partition coefficient (Wildman–Crippen LogP) is 2.19. The number of likely N-dealkylation sites (N-methyl/N-ethyl adjacent to an activating group) is 1. The molecule has 1 N–H and O–H groups in total. The van der Waals surface area contributed by atoms with E-state index in [2.05, 4.69) is 29.3 Å². The second-order valence-corrected chi connectivity index (χ2v) is 5.44. The van der Waals surface area contributed by atoms with Gasteiger partial charge in [-0.15, -0.1) is 0 Å². The highest BCUT2D eigenvalue weighted by Gasteiger charge is 2.38. The molecule has 2 rings (SSSR count). The van der Waals surface area contributed by atoms with E-state index in [-0.39, 0.29) is 11.2 Å². The molecule has 1 saturated carbocycles. The molecule has 0 amide bonds.